The van der Waals surface area contributed by atoms with Crippen molar-refractivity contribution >= 4 is 22.1 Å². The molecule has 2 unspecified atom stereocenters. The second kappa shape index (κ2) is 6.46. The summed E-state index contributed by atoms with van der Waals surface area (Å²) in [4.78, 5) is 18.8. The number of fused-ring (bicyclic) bond motifs is 1. The van der Waals surface area contributed by atoms with Crippen LogP contribution in [0.15, 0.2) is 53.6 Å². The molecule has 0 bridgehead atoms. The number of nitrogens with zero attached hydrogens (tertiary/aromatic N) is 2. The van der Waals surface area contributed by atoms with Gasteiger partial charge in [-0.3, -0.25) is 4.79 Å². The van der Waals surface area contributed by atoms with Crippen LogP contribution in [0.1, 0.15) is 23.2 Å². The van der Waals surface area contributed by atoms with Crippen LogP contribution in [0.5, 0.6) is 0 Å². The standard InChI is InChI=1S/C18H20N4O3S/c23-17(14-6-2-1-3-7-14)22-11-5-9-18(13-22)12-20-16-15(8-4-10-19-16)26(24,25)21-18/h1-4,6-8,10H,5,9,11-13H2,(H2-,19,20,21,24,25). The number of benzene rings is 1. The summed E-state index contributed by atoms with van der Waals surface area (Å²) in [6, 6.07) is 12.2. The van der Waals surface area contributed by atoms with E-state index < -0.39 is 15.9 Å². The van der Waals surface area contributed by atoms with Gasteiger partial charge in [-0.15, -0.1) is 4.72 Å². The lowest BCUT2D eigenvalue weighted by molar-refractivity contribution is 0.0636. The van der Waals surface area contributed by atoms with Crippen molar-refractivity contribution in [2.24, 2.45) is 0 Å². The van der Waals surface area contributed by atoms with Gasteiger partial charge in [0.05, 0.1) is 5.54 Å². The van der Waals surface area contributed by atoms with Crippen LogP contribution in [0.3, 0.4) is 0 Å². The van der Waals surface area contributed by atoms with E-state index in [9.17, 15) is 13.6 Å². The fraction of sp³-hybridized carbons (Fsp3) is 0.333. The summed E-state index contributed by atoms with van der Waals surface area (Å²) in [5.74, 6) is 0.271. The van der Waals surface area contributed by atoms with E-state index in [-0.39, 0.29) is 10.8 Å². The second-order valence-corrected chi connectivity index (χ2v) is 8.44. The Balaban J connectivity index is 1.61. The van der Waals surface area contributed by atoms with Crippen LogP contribution < -0.4 is 10.0 Å². The zero-order valence-electron chi connectivity index (χ0n) is 14.2. The van der Waals surface area contributed by atoms with Gasteiger partial charge in [-0.1, -0.05) is 22.4 Å². The van der Waals surface area contributed by atoms with Gasteiger partial charge in [0.2, 0.25) is 4.90 Å². The Labute approximate surface area is 153 Å². The van der Waals surface area contributed by atoms with Gasteiger partial charge in [-0.05, 0) is 31.0 Å². The number of pyridine rings is 1. The molecule has 26 heavy (non-hydrogen) atoms. The van der Waals surface area contributed by atoms with E-state index in [2.05, 4.69) is 15.0 Å². The third kappa shape index (κ3) is 3.11. The molecule has 136 valence electrons. The van der Waals surface area contributed by atoms with E-state index in [1.807, 2.05) is 18.2 Å². The van der Waals surface area contributed by atoms with Crippen molar-refractivity contribution in [3.63, 3.8) is 0 Å². The Morgan fingerprint density at radius 3 is 2.85 bits per heavy atom. The molecule has 1 aromatic heterocycles. The molecule has 0 radical (unpaired) electrons. The zero-order chi connectivity index (χ0) is 18.2. The zero-order valence-corrected chi connectivity index (χ0v) is 15.0. The fourth-order valence-corrected chi connectivity index (χ4v) is 5.22. The Bertz CT molecular complexity index is 876. The number of amides is 1. The molecule has 1 spiro atoms. The summed E-state index contributed by atoms with van der Waals surface area (Å²) >= 11 is 0. The smallest absolute Gasteiger partial charge is 0.253 e. The predicted octanol–water partition coefficient (Wildman–Crippen LogP) is 1.68. The number of hydrogen-bond acceptors (Lipinski definition) is 5. The molecule has 2 atom stereocenters. The average molecular weight is 372 g/mol. The molecule has 7 nitrogen and oxygen atoms in total. The summed E-state index contributed by atoms with van der Waals surface area (Å²) in [7, 11) is -3.71. The molecule has 0 saturated carbocycles. The maximum absolute atomic E-state index is 12.8. The molecule has 4 rings (SSSR count). The van der Waals surface area contributed by atoms with Crippen LogP contribution in [-0.2, 0) is 14.6 Å². The van der Waals surface area contributed by atoms with Crippen molar-refractivity contribution in [3.05, 3.63) is 54.2 Å². The number of sulfonamides is 1. The lowest BCUT2D eigenvalue weighted by Gasteiger charge is -2.42. The number of nitrogens with one attached hydrogen (secondary N) is 2. The molecule has 1 aromatic carbocycles. The minimum Gasteiger partial charge on any atom is -0.593 e. The number of piperidine rings is 1. The van der Waals surface area contributed by atoms with E-state index >= 15 is 0 Å². The monoisotopic (exact) mass is 372 g/mol. The molecule has 2 aromatic rings. The minimum absolute atomic E-state index is 0.0799. The molecule has 2 aliphatic heterocycles. The number of carbonyl (C=O) groups is 1. The highest BCUT2D eigenvalue weighted by molar-refractivity contribution is 7.96. The highest BCUT2D eigenvalue weighted by Gasteiger charge is 2.46. The molecular formula is C18H20N4O3S. The van der Waals surface area contributed by atoms with Crippen LogP contribution in [0.4, 0.5) is 5.82 Å². The summed E-state index contributed by atoms with van der Waals surface area (Å²) in [5, 5.41) is 3.15. The maximum Gasteiger partial charge on any atom is 0.253 e. The Kier molecular flexibility index (Phi) is 4.26. The van der Waals surface area contributed by atoms with Gasteiger partial charge in [0.25, 0.3) is 5.91 Å². The van der Waals surface area contributed by atoms with Gasteiger partial charge >= 0.3 is 0 Å². The first-order valence-corrected chi connectivity index (χ1v) is 10.0. The third-order valence-corrected chi connectivity index (χ3v) is 6.50. The first kappa shape index (κ1) is 17.1. The van der Waals surface area contributed by atoms with Crippen LogP contribution >= 0.6 is 0 Å². The van der Waals surface area contributed by atoms with Crippen molar-refractivity contribution < 1.29 is 13.6 Å². The summed E-state index contributed by atoms with van der Waals surface area (Å²) < 4.78 is 28.5. The van der Waals surface area contributed by atoms with Gasteiger partial charge in [0, 0.05) is 37.5 Å². The van der Waals surface area contributed by atoms with Crippen molar-refractivity contribution in [1.82, 2.24) is 14.6 Å². The maximum atomic E-state index is 12.8. The van der Waals surface area contributed by atoms with Crippen LogP contribution in [0.25, 0.3) is 0 Å². The van der Waals surface area contributed by atoms with Crippen molar-refractivity contribution in [2.75, 3.05) is 25.0 Å². The molecule has 0 aliphatic carbocycles. The molecule has 1 saturated heterocycles. The molecule has 8 heteroatoms. The fourth-order valence-electron chi connectivity index (χ4n) is 3.67. The topological polar surface area (TPSA) is 97.4 Å². The van der Waals surface area contributed by atoms with Gasteiger partial charge in [-0.2, -0.15) is 0 Å². The number of rotatable bonds is 1. The van der Waals surface area contributed by atoms with Gasteiger partial charge in [-0.25, -0.2) is 4.98 Å². The largest absolute Gasteiger partial charge is 0.593 e. The first-order chi connectivity index (χ1) is 12.5. The third-order valence-electron chi connectivity index (χ3n) is 4.89. The molecule has 2 aliphatic rings. The molecule has 2 N–H and O–H groups in total. The normalized spacial score (nSPS) is 28.1. The average Bonchev–Trinajstić information content (AvgIpc) is 2.76. The van der Waals surface area contributed by atoms with Crippen molar-refractivity contribution in [1.29, 1.82) is 0 Å². The molecule has 1 amide bonds. The van der Waals surface area contributed by atoms with Crippen LogP contribution in [0, 0.1) is 0 Å². The van der Waals surface area contributed by atoms with E-state index in [1.54, 1.807) is 29.3 Å². The van der Waals surface area contributed by atoms with E-state index in [1.165, 1.54) is 6.07 Å². The van der Waals surface area contributed by atoms with E-state index in [0.717, 1.165) is 6.42 Å². The first-order valence-electron chi connectivity index (χ1n) is 8.56. The number of anilines is 1. The van der Waals surface area contributed by atoms with Crippen LogP contribution in [-0.4, -0.2) is 45.5 Å². The van der Waals surface area contributed by atoms with Gasteiger partial charge < -0.3 is 14.8 Å². The lowest BCUT2D eigenvalue weighted by atomic mass is 9.89. The van der Waals surface area contributed by atoms with E-state index in [4.69, 9.17) is 0 Å². The van der Waals surface area contributed by atoms with E-state index in [0.29, 0.717) is 37.4 Å². The highest BCUT2D eigenvalue weighted by atomic mass is 32.3. The molecular weight excluding hydrogens is 352 g/mol. The summed E-state index contributed by atoms with van der Waals surface area (Å²) in [5.41, 5.74) is -0.138. The van der Waals surface area contributed by atoms with Gasteiger partial charge in [0.15, 0.2) is 16.2 Å². The second-order valence-electron chi connectivity index (χ2n) is 6.79. The minimum atomic E-state index is -3.71. The molecule has 3 heterocycles. The SMILES string of the molecule is O=C(c1ccccc1)N1CCCC2(CNc3ncccc3[S+](=O)([O-])N2)C1. The lowest BCUT2D eigenvalue weighted by Crippen LogP contribution is -2.63. The summed E-state index contributed by atoms with van der Waals surface area (Å²) in [6.07, 6.45) is 2.95. The quantitative estimate of drug-likeness (QED) is 0.742. The Hall–Kier alpha value is -2.29. The number of aromatic nitrogens is 1. The van der Waals surface area contributed by atoms with Crippen molar-refractivity contribution in [3.8, 4) is 0 Å². The predicted molar refractivity (Wildman–Crippen MR) is 97.3 cm³/mol. The van der Waals surface area contributed by atoms with Crippen LogP contribution in [0.2, 0.25) is 0 Å². The summed E-state index contributed by atoms with van der Waals surface area (Å²) in [6.45, 7) is 1.32. The number of likely N-dealkylation sites (tertiary alicyclic amines) is 1. The Morgan fingerprint density at radius 2 is 2.04 bits per heavy atom. The van der Waals surface area contributed by atoms with Crippen molar-refractivity contribution in [2.45, 2.75) is 23.3 Å². The number of carbonyl (C=O) groups excluding carboxylic acids is 1. The molecule has 1 fully saturated rings. The highest BCUT2D eigenvalue weighted by Crippen LogP contribution is 2.32. The van der Waals surface area contributed by atoms with Gasteiger partial charge in [0.1, 0.15) is 0 Å². The number of hydrogen-bond donors (Lipinski definition) is 2. The Morgan fingerprint density at radius 1 is 1.23 bits per heavy atom.